The summed E-state index contributed by atoms with van der Waals surface area (Å²) in [6.07, 6.45) is 0. The van der Waals surface area contributed by atoms with Gasteiger partial charge in [-0.25, -0.2) is 0 Å². The molecule has 0 amide bonds. The predicted octanol–water partition coefficient (Wildman–Crippen LogP) is 0.0304. The summed E-state index contributed by atoms with van der Waals surface area (Å²) in [5.41, 5.74) is 0. The van der Waals surface area contributed by atoms with Crippen molar-refractivity contribution in [3.8, 4) is 0 Å². The number of oxime groups is 1. The van der Waals surface area contributed by atoms with E-state index in [4.69, 9.17) is 9.57 Å². The average Bonchev–Trinajstić information content (AvgIpc) is 2.10. The Bertz CT molecular complexity index is 263. The molecule has 0 aromatic rings. The van der Waals surface area contributed by atoms with Crippen LogP contribution in [0, 0.1) is 0 Å². The summed E-state index contributed by atoms with van der Waals surface area (Å²) in [7, 11) is -1.40. The molecule has 2 atom stereocenters. The molecule has 5 nitrogen and oxygen atoms in total. The Kier molecular flexibility index (Phi) is 3.41. The zero-order valence-corrected chi connectivity index (χ0v) is 8.30. The van der Waals surface area contributed by atoms with E-state index in [-0.39, 0.29) is 13.2 Å². The lowest BCUT2D eigenvalue weighted by atomic mass is 10.4. The van der Waals surface area contributed by atoms with Crippen LogP contribution < -0.4 is 0 Å². The Morgan fingerprint density at radius 1 is 1.85 bits per heavy atom. The molecular weight excluding hydrogens is 194 g/mol. The van der Waals surface area contributed by atoms with Crippen molar-refractivity contribution in [2.45, 2.75) is 19.1 Å². The highest BCUT2D eigenvalue weighted by atomic mass is 32.2. The molecule has 1 aliphatic heterocycles. The second kappa shape index (κ2) is 4.36. The second-order valence-electron chi connectivity index (χ2n) is 2.44. The molecule has 0 radical (unpaired) electrons. The Morgan fingerprint density at radius 2 is 2.54 bits per heavy atom. The van der Waals surface area contributed by atoms with Crippen molar-refractivity contribution in [3.63, 3.8) is 0 Å². The molecular formula is C7H11NO4S. The summed E-state index contributed by atoms with van der Waals surface area (Å²) in [5.74, 6) is -0.491. The molecule has 0 fully saturated rings. The molecule has 74 valence electrons. The molecule has 0 aromatic heterocycles. The van der Waals surface area contributed by atoms with Crippen molar-refractivity contribution in [1.82, 2.24) is 0 Å². The van der Waals surface area contributed by atoms with E-state index >= 15 is 0 Å². The minimum Gasteiger partial charge on any atom is -0.465 e. The Balaban J connectivity index is 2.67. The highest BCUT2D eigenvalue weighted by molar-refractivity contribution is 8.01. The van der Waals surface area contributed by atoms with E-state index in [1.165, 1.54) is 0 Å². The lowest BCUT2D eigenvalue weighted by Crippen LogP contribution is -2.37. The Hall–Kier alpha value is -0.910. The zero-order valence-electron chi connectivity index (χ0n) is 7.48. The van der Waals surface area contributed by atoms with E-state index in [0.717, 1.165) is 0 Å². The van der Waals surface area contributed by atoms with Gasteiger partial charge in [0, 0.05) is 0 Å². The molecule has 1 aliphatic rings. The van der Waals surface area contributed by atoms with Crippen molar-refractivity contribution in [2.75, 3.05) is 13.2 Å². The topological polar surface area (TPSA) is 65.0 Å². The van der Waals surface area contributed by atoms with Crippen LogP contribution in [0.2, 0.25) is 0 Å². The fraction of sp³-hybridized carbons (Fsp3) is 0.714. The number of carbonyl (C=O) groups excluding carboxylic acids is 1. The van der Waals surface area contributed by atoms with Gasteiger partial charge in [-0.2, -0.15) is 0 Å². The summed E-state index contributed by atoms with van der Waals surface area (Å²) < 4.78 is 16.2. The summed E-state index contributed by atoms with van der Waals surface area (Å²) in [6.45, 7) is 3.57. The van der Waals surface area contributed by atoms with E-state index in [2.05, 4.69) is 5.16 Å². The monoisotopic (exact) mass is 205 g/mol. The number of hydrogen-bond donors (Lipinski definition) is 0. The standard InChI is InChI=1S/C7H11NO4S/c1-3-11-7(9)6-4-12-8-5(2)13(6)10/h6H,3-4H2,1-2H3. The van der Waals surface area contributed by atoms with Gasteiger partial charge in [-0.3, -0.25) is 9.00 Å². The Labute approximate surface area is 78.5 Å². The van der Waals surface area contributed by atoms with Gasteiger partial charge in [0.1, 0.15) is 11.7 Å². The van der Waals surface area contributed by atoms with Gasteiger partial charge in [0.2, 0.25) is 0 Å². The number of ether oxygens (including phenoxy) is 1. The maximum atomic E-state index is 11.4. The van der Waals surface area contributed by atoms with Crippen LogP contribution in [-0.2, 0) is 25.2 Å². The van der Waals surface area contributed by atoms with Crippen LogP contribution in [-0.4, -0.2) is 33.7 Å². The molecule has 0 aliphatic carbocycles. The molecule has 1 heterocycles. The van der Waals surface area contributed by atoms with Crippen LogP contribution in [0.3, 0.4) is 0 Å². The maximum absolute atomic E-state index is 11.4. The first kappa shape index (κ1) is 10.2. The summed E-state index contributed by atoms with van der Waals surface area (Å²) >= 11 is 0. The first-order valence-corrected chi connectivity index (χ1v) is 5.12. The number of nitrogens with zero attached hydrogens (tertiary/aromatic N) is 1. The van der Waals surface area contributed by atoms with Crippen molar-refractivity contribution in [3.05, 3.63) is 0 Å². The van der Waals surface area contributed by atoms with E-state index in [1.54, 1.807) is 13.8 Å². The third-order valence-electron chi connectivity index (χ3n) is 1.52. The van der Waals surface area contributed by atoms with E-state index in [9.17, 15) is 9.00 Å². The molecule has 13 heavy (non-hydrogen) atoms. The fourth-order valence-electron chi connectivity index (χ4n) is 0.891. The highest BCUT2D eigenvalue weighted by Gasteiger charge is 2.32. The summed E-state index contributed by atoms with van der Waals surface area (Å²) in [5, 5.41) is 3.11. The van der Waals surface area contributed by atoms with Gasteiger partial charge < -0.3 is 9.57 Å². The minimum atomic E-state index is -1.40. The largest absolute Gasteiger partial charge is 0.465 e. The van der Waals surface area contributed by atoms with Crippen molar-refractivity contribution in [1.29, 1.82) is 0 Å². The highest BCUT2D eigenvalue weighted by Crippen LogP contribution is 2.09. The lowest BCUT2D eigenvalue weighted by Gasteiger charge is -2.17. The molecule has 0 bridgehead atoms. The Morgan fingerprint density at radius 3 is 3.15 bits per heavy atom. The SMILES string of the molecule is CCOC(=O)C1CON=C(C)S1=O. The molecule has 0 saturated carbocycles. The van der Waals surface area contributed by atoms with Gasteiger partial charge in [-0.15, -0.1) is 0 Å². The van der Waals surface area contributed by atoms with Crippen LogP contribution in [0.4, 0.5) is 0 Å². The number of rotatable bonds is 2. The third-order valence-corrected chi connectivity index (χ3v) is 3.02. The van der Waals surface area contributed by atoms with Crippen molar-refractivity contribution in [2.24, 2.45) is 5.16 Å². The predicted molar refractivity (Wildman–Crippen MR) is 47.6 cm³/mol. The number of esters is 1. The minimum absolute atomic E-state index is 0.0305. The molecule has 0 N–H and O–H groups in total. The van der Waals surface area contributed by atoms with Gasteiger partial charge in [0.05, 0.1) is 17.4 Å². The van der Waals surface area contributed by atoms with Gasteiger partial charge in [0.25, 0.3) is 0 Å². The number of hydrogen-bond acceptors (Lipinski definition) is 5. The van der Waals surface area contributed by atoms with Crippen LogP contribution in [0.25, 0.3) is 0 Å². The van der Waals surface area contributed by atoms with Gasteiger partial charge in [-0.1, -0.05) is 5.16 Å². The lowest BCUT2D eigenvalue weighted by molar-refractivity contribution is -0.143. The molecule has 0 saturated heterocycles. The third kappa shape index (κ3) is 2.27. The molecule has 0 aromatic carbocycles. The normalized spacial score (nSPS) is 27.4. The summed E-state index contributed by atoms with van der Waals surface area (Å²) in [4.78, 5) is 15.9. The van der Waals surface area contributed by atoms with E-state index in [0.29, 0.717) is 5.04 Å². The molecule has 1 rings (SSSR count). The molecule has 6 heteroatoms. The van der Waals surface area contributed by atoms with Crippen LogP contribution in [0.1, 0.15) is 13.8 Å². The maximum Gasteiger partial charge on any atom is 0.325 e. The smallest absolute Gasteiger partial charge is 0.325 e. The van der Waals surface area contributed by atoms with Gasteiger partial charge >= 0.3 is 5.97 Å². The molecule has 0 spiro atoms. The van der Waals surface area contributed by atoms with E-state index < -0.39 is 22.0 Å². The molecule has 2 unspecified atom stereocenters. The van der Waals surface area contributed by atoms with Crippen molar-refractivity contribution < 1.29 is 18.6 Å². The van der Waals surface area contributed by atoms with Crippen LogP contribution in [0.15, 0.2) is 5.16 Å². The second-order valence-corrected chi connectivity index (χ2v) is 4.20. The van der Waals surface area contributed by atoms with Crippen LogP contribution >= 0.6 is 0 Å². The number of carbonyl (C=O) groups is 1. The quantitative estimate of drug-likeness (QED) is 0.596. The van der Waals surface area contributed by atoms with Gasteiger partial charge in [-0.05, 0) is 13.8 Å². The van der Waals surface area contributed by atoms with Crippen LogP contribution in [0.5, 0.6) is 0 Å². The van der Waals surface area contributed by atoms with Gasteiger partial charge in [0.15, 0.2) is 5.25 Å². The van der Waals surface area contributed by atoms with Crippen molar-refractivity contribution >= 4 is 21.8 Å². The summed E-state index contributed by atoms with van der Waals surface area (Å²) in [6, 6.07) is 0. The fourth-order valence-corrected chi connectivity index (χ4v) is 1.86. The average molecular weight is 205 g/mol. The van der Waals surface area contributed by atoms with E-state index in [1.807, 2.05) is 0 Å². The first-order chi connectivity index (χ1) is 6.16. The zero-order chi connectivity index (χ0) is 9.84. The first-order valence-electron chi connectivity index (χ1n) is 3.90.